The lowest BCUT2D eigenvalue weighted by molar-refractivity contribution is -0.120. The molecular weight excluding hydrogens is 482 g/mol. The molecule has 4 rings (SSSR count). The Morgan fingerprint density at radius 3 is 2.11 bits per heavy atom. The van der Waals surface area contributed by atoms with Crippen molar-refractivity contribution in [1.82, 2.24) is 0 Å². The molecule has 2 N–H and O–H groups in total. The summed E-state index contributed by atoms with van der Waals surface area (Å²) in [6, 6.07) is 20.5. The number of imide groups is 1. The Morgan fingerprint density at radius 2 is 1.49 bits per heavy atom. The second-order valence-electron chi connectivity index (χ2n) is 9.68. The van der Waals surface area contributed by atoms with Crippen molar-refractivity contribution in [2.75, 3.05) is 15.5 Å². The molecule has 7 heteroatoms. The monoisotopic (exact) mass is 513 g/mol. The van der Waals surface area contributed by atoms with Gasteiger partial charge in [-0.25, -0.2) is 4.90 Å². The molecule has 1 heterocycles. The third kappa shape index (κ3) is 6.12. The van der Waals surface area contributed by atoms with E-state index in [9.17, 15) is 14.4 Å². The van der Waals surface area contributed by atoms with E-state index in [4.69, 9.17) is 0 Å². The third-order valence-corrected chi connectivity index (χ3v) is 7.15. The predicted octanol–water partition coefficient (Wildman–Crippen LogP) is 6.59. The minimum Gasteiger partial charge on any atom is -0.350 e. The topological polar surface area (TPSA) is 78.5 Å². The van der Waals surface area contributed by atoms with E-state index in [2.05, 4.69) is 10.6 Å². The van der Waals surface area contributed by atoms with Crippen molar-refractivity contribution in [2.45, 2.75) is 45.9 Å². The molecule has 6 nitrogen and oxygen atoms in total. The first-order valence-electron chi connectivity index (χ1n) is 12.2. The minimum atomic E-state index is -0.395. The third-order valence-electron chi connectivity index (χ3n) is 6.06. The number of rotatable bonds is 8. The van der Waals surface area contributed by atoms with Gasteiger partial charge in [-0.05, 0) is 86.3 Å². The zero-order valence-corrected chi connectivity index (χ0v) is 22.5. The van der Waals surface area contributed by atoms with Gasteiger partial charge in [0.25, 0.3) is 11.8 Å². The van der Waals surface area contributed by atoms with Gasteiger partial charge in [0.1, 0.15) is 10.6 Å². The summed E-state index contributed by atoms with van der Waals surface area (Å²) >= 11 is 1.23. The summed E-state index contributed by atoms with van der Waals surface area (Å²) < 4.78 is 0. The van der Waals surface area contributed by atoms with Gasteiger partial charge in [0.05, 0.1) is 5.69 Å². The Morgan fingerprint density at radius 1 is 0.838 bits per heavy atom. The number of carbonyl (C=O) groups is 3. The van der Waals surface area contributed by atoms with E-state index in [1.165, 1.54) is 16.7 Å². The molecule has 1 aliphatic heterocycles. The van der Waals surface area contributed by atoms with Gasteiger partial charge in [-0.3, -0.25) is 14.4 Å². The first-order chi connectivity index (χ1) is 17.6. The van der Waals surface area contributed by atoms with Crippen molar-refractivity contribution in [3.05, 3.63) is 94.0 Å². The largest absolute Gasteiger partial charge is 0.350 e. The molecule has 0 radical (unpaired) electrons. The van der Waals surface area contributed by atoms with Crippen molar-refractivity contribution in [2.24, 2.45) is 5.92 Å². The fourth-order valence-corrected chi connectivity index (χ4v) is 4.83. The molecule has 0 unspecified atom stereocenters. The number of thioether (sulfide) groups is 1. The SMILES string of the molecule is Cc1ccc(NC2=C(Sc3ccc(NC(=O)CC(C)C)cc3)C(=O)N(c3ccc(C)c(C)c3)C2=O)cc1. The minimum absolute atomic E-state index is 0.0386. The second-order valence-corrected chi connectivity index (χ2v) is 10.8. The first kappa shape index (κ1) is 26.2. The van der Waals surface area contributed by atoms with Gasteiger partial charge in [-0.2, -0.15) is 0 Å². The molecule has 0 saturated carbocycles. The summed E-state index contributed by atoms with van der Waals surface area (Å²) in [6.07, 6.45) is 0.447. The zero-order chi connectivity index (χ0) is 26.7. The van der Waals surface area contributed by atoms with Crippen LogP contribution in [0.2, 0.25) is 0 Å². The van der Waals surface area contributed by atoms with Crippen molar-refractivity contribution in [1.29, 1.82) is 0 Å². The maximum absolute atomic E-state index is 13.6. The number of amides is 3. The average Bonchev–Trinajstić information content (AvgIpc) is 3.07. The maximum atomic E-state index is 13.6. The fourth-order valence-electron chi connectivity index (χ4n) is 3.90. The van der Waals surface area contributed by atoms with Crippen LogP contribution in [0.15, 0.2) is 82.2 Å². The summed E-state index contributed by atoms with van der Waals surface area (Å²) in [5.41, 5.74) is 5.38. The lowest BCUT2D eigenvalue weighted by Crippen LogP contribution is -2.32. The standard InChI is InChI=1S/C30H31N3O3S/c1-18(2)16-26(34)31-22-11-14-25(15-12-22)37-28-27(32-23-9-6-19(3)7-10-23)29(35)33(30(28)36)24-13-8-20(4)21(5)17-24/h6-15,17-18,32H,16H2,1-5H3,(H,31,34). The number of hydrogen-bond donors (Lipinski definition) is 2. The van der Waals surface area contributed by atoms with E-state index >= 15 is 0 Å². The molecule has 190 valence electrons. The van der Waals surface area contributed by atoms with Crippen LogP contribution < -0.4 is 15.5 Å². The lowest BCUT2D eigenvalue weighted by atomic mass is 10.1. The van der Waals surface area contributed by atoms with Crippen molar-refractivity contribution in [3.63, 3.8) is 0 Å². The van der Waals surface area contributed by atoms with Crippen LogP contribution in [0, 0.1) is 26.7 Å². The van der Waals surface area contributed by atoms with Crippen molar-refractivity contribution >= 4 is 46.5 Å². The van der Waals surface area contributed by atoms with Crippen LogP contribution in [0.25, 0.3) is 0 Å². The van der Waals surface area contributed by atoms with Crippen LogP contribution in [0.4, 0.5) is 17.1 Å². The molecule has 3 aromatic rings. The smallest absolute Gasteiger partial charge is 0.283 e. The van der Waals surface area contributed by atoms with E-state index in [-0.39, 0.29) is 23.4 Å². The van der Waals surface area contributed by atoms with Gasteiger partial charge in [0.2, 0.25) is 5.91 Å². The number of aryl methyl sites for hydroxylation is 3. The lowest BCUT2D eigenvalue weighted by Gasteiger charge is -2.16. The Hall–Kier alpha value is -3.84. The van der Waals surface area contributed by atoms with Gasteiger partial charge in [-0.1, -0.05) is 49.4 Å². The van der Waals surface area contributed by atoms with E-state index in [0.717, 1.165) is 27.3 Å². The molecule has 37 heavy (non-hydrogen) atoms. The first-order valence-corrected chi connectivity index (χ1v) is 13.1. The molecule has 3 amide bonds. The van der Waals surface area contributed by atoms with Gasteiger partial charge in [0.15, 0.2) is 0 Å². The number of anilines is 3. The van der Waals surface area contributed by atoms with E-state index in [1.807, 2.05) is 83.1 Å². The van der Waals surface area contributed by atoms with Gasteiger partial charge < -0.3 is 10.6 Å². The van der Waals surface area contributed by atoms with Gasteiger partial charge >= 0.3 is 0 Å². The van der Waals surface area contributed by atoms with Crippen LogP contribution >= 0.6 is 11.8 Å². The highest BCUT2D eigenvalue weighted by molar-refractivity contribution is 8.04. The van der Waals surface area contributed by atoms with Crippen molar-refractivity contribution < 1.29 is 14.4 Å². The molecular formula is C30H31N3O3S. The zero-order valence-electron chi connectivity index (χ0n) is 21.7. The molecule has 0 bridgehead atoms. The summed E-state index contributed by atoms with van der Waals surface area (Å²) in [5, 5.41) is 6.08. The molecule has 0 saturated heterocycles. The van der Waals surface area contributed by atoms with Crippen molar-refractivity contribution in [3.8, 4) is 0 Å². The predicted molar refractivity (Wildman–Crippen MR) is 151 cm³/mol. The van der Waals surface area contributed by atoms with E-state index < -0.39 is 5.91 Å². The maximum Gasteiger partial charge on any atom is 0.283 e. The van der Waals surface area contributed by atoms with Crippen LogP contribution in [-0.4, -0.2) is 17.7 Å². The molecule has 0 spiro atoms. The number of carbonyl (C=O) groups excluding carboxylic acids is 3. The van der Waals surface area contributed by atoms with E-state index in [0.29, 0.717) is 22.7 Å². The average molecular weight is 514 g/mol. The molecule has 0 fully saturated rings. The van der Waals surface area contributed by atoms with E-state index in [1.54, 1.807) is 18.2 Å². The highest BCUT2D eigenvalue weighted by Crippen LogP contribution is 2.38. The van der Waals surface area contributed by atoms with Gasteiger partial charge in [0, 0.05) is 22.7 Å². The summed E-state index contributed by atoms with van der Waals surface area (Å²) in [5.74, 6) is -0.535. The molecule has 0 aromatic heterocycles. The van der Waals surface area contributed by atoms with Crippen LogP contribution in [-0.2, 0) is 14.4 Å². The number of nitrogens with one attached hydrogen (secondary N) is 2. The number of benzene rings is 3. The summed E-state index contributed by atoms with van der Waals surface area (Å²) in [7, 11) is 0. The quantitative estimate of drug-likeness (QED) is 0.333. The molecule has 0 aliphatic carbocycles. The Kier molecular flexibility index (Phi) is 7.83. The van der Waals surface area contributed by atoms with Crippen LogP contribution in [0.5, 0.6) is 0 Å². The fraction of sp³-hybridized carbons (Fsp3) is 0.233. The highest BCUT2D eigenvalue weighted by atomic mass is 32.2. The Bertz CT molecular complexity index is 1380. The normalized spacial score (nSPS) is 13.5. The number of hydrogen-bond acceptors (Lipinski definition) is 5. The Labute approximate surface area is 222 Å². The molecule has 1 aliphatic rings. The Balaban J connectivity index is 1.63. The van der Waals surface area contributed by atoms with Gasteiger partial charge in [-0.15, -0.1) is 0 Å². The summed E-state index contributed by atoms with van der Waals surface area (Å²) in [6.45, 7) is 9.93. The van der Waals surface area contributed by atoms with Crippen LogP contribution in [0.3, 0.4) is 0 Å². The summed E-state index contributed by atoms with van der Waals surface area (Å²) in [4.78, 5) is 41.6. The second kappa shape index (κ2) is 11.0. The molecule has 3 aromatic carbocycles. The van der Waals surface area contributed by atoms with Crippen LogP contribution in [0.1, 0.15) is 37.0 Å². The highest BCUT2D eigenvalue weighted by Gasteiger charge is 2.40. The number of nitrogens with zero attached hydrogens (tertiary/aromatic N) is 1. The molecule has 0 atom stereocenters.